The van der Waals surface area contributed by atoms with Crippen LogP contribution in [0.5, 0.6) is 0 Å². The van der Waals surface area contributed by atoms with Gasteiger partial charge < -0.3 is 15.3 Å². The van der Waals surface area contributed by atoms with Crippen LogP contribution in [0, 0.1) is 11.3 Å². The predicted molar refractivity (Wildman–Crippen MR) is 67.0 cm³/mol. The van der Waals surface area contributed by atoms with Crippen molar-refractivity contribution < 1.29 is 9.90 Å². The third kappa shape index (κ3) is 2.44. The van der Waals surface area contributed by atoms with Crippen LogP contribution >= 0.6 is 0 Å². The highest BCUT2D eigenvalue weighted by atomic mass is 16.3. The van der Waals surface area contributed by atoms with Gasteiger partial charge in [0.05, 0.1) is 18.2 Å². The van der Waals surface area contributed by atoms with E-state index in [4.69, 9.17) is 5.26 Å². The highest BCUT2D eigenvalue weighted by Crippen LogP contribution is 2.20. The fraction of sp³-hybridized carbons (Fsp3) is 0.385. The predicted octanol–water partition coefficient (Wildman–Crippen LogP) is 0.245. The summed E-state index contributed by atoms with van der Waals surface area (Å²) in [5.74, 6) is -0.169. The van der Waals surface area contributed by atoms with E-state index in [0.717, 1.165) is 12.1 Å². The highest BCUT2D eigenvalue weighted by molar-refractivity contribution is 5.86. The summed E-state index contributed by atoms with van der Waals surface area (Å²) in [6.45, 7) is 1.06. The first-order valence-corrected chi connectivity index (χ1v) is 5.91. The third-order valence-corrected chi connectivity index (χ3v) is 3.03. The maximum Gasteiger partial charge on any atom is 0.245 e. The number of hydrogen-bond donors (Lipinski definition) is 2. The van der Waals surface area contributed by atoms with Crippen LogP contribution in [-0.2, 0) is 4.79 Å². The Balaban J connectivity index is 2.33. The number of aliphatic hydroxyl groups excluding tert-OH is 1. The molecule has 0 aliphatic carbocycles. The largest absolute Gasteiger partial charge is 0.394 e. The minimum absolute atomic E-state index is 0.169. The van der Waals surface area contributed by atoms with Gasteiger partial charge in [-0.15, -0.1) is 0 Å². The molecule has 1 aliphatic rings. The average molecular weight is 245 g/mol. The van der Waals surface area contributed by atoms with E-state index in [2.05, 4.69) is 11.4 Å². The average Bonchev–Trinajstić information content (AvgIpc) is 2.60. The van der Waals surface area contributed by atoms with E-state index in [9.17, 15) is 9.90 Å². The van der Waals surface area contributed by atoms with Gasteiger partial charge in [-0.05, 0) is 24.6 Å². The zero-order valence-corrected chi connectivity index (χ0v) is 9.97. The van der Waals surface area contributed by atoms with Crippen molar-refractivity contribution in [2.24, 2.45) is 0 Å². The molecule has 5 heteroatoms. The van der Waals surface area contributed by atoms with Crippen LogP contribution in [0.2, 0.25) is 0 Å². The molecule has 1 heterocycles. The number of anilines is 1. The molecule has 1 amide bonds. The molecular weight excluding hydrogens is 230 g/mol. The number of carbonyl (C=O) groups is 1. The maximum absolute atomic E-state index is 11.8. The second-order valence-corrected chi connectivity index (χ2v) is 4.20. The second-order valence-electron chi connectivity index (χ2n) is 4.20. The Labute approximate surface area is 106 Å². The van der Waals surface area contributed by atoms with Crippen LogP contribution in [0.3, 0.4) is 0 Å². The lowest BCUT2D eigenvalue weighted by atomic mass is 10.1. The van der Waals surface area contributed by atoms with E-state index in [1.807, 2.05) is 11.0 Å². The van der Waals surface area contributed by atoms with Crippen LogP contribution in [0.15, 0.2) is 24.3 Å². The van der Waals surface area contributed by atoms with Gasteiger partial charge in [0.2, 0.25) is 5.91 Å². The van der Waals surface area contributed by atoms with E-state index in [-0.39, 0.29) is 12.5 Å². The molecule has 1 aromatic rings. The first kappa shape index (κ1) is 12.4. The first-order chi connectivity index (χ1) is 8.76. The SMILES string of the molecule is N#Cc1cccc(N2CCCNC(=O)C2CO)c1. The monoisotopic (exact) mass is 245 g/mol. The molecule has 5 nitrogen and oxygen atoms in total. The molecule has 94 valence electrons. The Morgan fingerprint density at radius 2 is 2.39 bits per heavy atom. The molecule has 0 radical (unpaired) electrons. The number of nitrogens with zero attached hydrogens (tertiary/aromatic N) is 2. The van der Waals surface area contributed by atoms with Crippen molar-refractivity contribution in [3.63, 3.8) is 0 Å². The standard InChI is InChI=1S/C13H15N3O2/c14-8-10-3-1-4-11(7-10)16-6-2-5-15-13(18)12(16)9-17/h1,3-4,7,12,17H,2,5-6,9H2,(H,15,18). The molecule has 1 aliphatic heterocycles. The van der Waals surface area contributed by atoms with Crippen LogP contribution < -0.4 is 10.2 Å². The fourth-order valence-corrected chi connectivity index (χ4v) is 2.12. The molecule has 1 atom stereocenters. The minimum atomic E-state index is -0.582. The van der Waals surface area contributed by atoms with Gasteiger partial charge in [-0.25, -0.2) is 0 Å². The van der Waals surface area contributed by atoms with Crippen molar-refractivity contribution in [3.8, 4) is 6.07 Å². The van der Waals surface area contributed by atoms with E-state index in [0.29, 0.717) is 18.7 Å². The number of hydrogen-bond acceptors (Lipinski definition) is 4. The van der Waals surface area contributed by atoms with Gasteiger partial charge in [-0.1, -0.05) is 6.07 Å². The van der Waals surface area contributed by atoms with Crippen molar-refractivity contribution in [3.05, 3.63) is 29.8 Å². The van der Waals surface area contributed by atoms with Crippen molar-refractivity contribution in [1.82, 2.24) is 5.32 Å². The maximum atomic E-state index is 11.8. The number of carbonyl (C=O) groups excluding carboxylic acids is 1. The number of nitriles is 1. The smallest absolute Gasteiger partial charge is 0.245 e. The van der Waals surface area contributed by atoms with Gasteiger partial charge in [-0.3, -0.25) is 4.79 Å². The highest BCUT2D eigenvalue weighted by Gasteiger charge is 2.27. The van der Waals surface area contributed by atoms with Crippen LogP contribution in [0.4, 0.5) is 5.69 Å². The summed E-state index contributed by atoms with van der Waals surface area (Å²) in [6, 6.07) is 8.58. The summed E-state index contributed by atoms with van der Waals surface area (Å²) in [6.07, 6.45) is 0.818. The molecule has 0 bridgehead atoms. The number of benzene rings is 1. The minimum Gasteiger partial charge on any atom is -0.394 e. The first-order valence-electron chi connectivity index (χ1n) is 5.91. The summed E-state index contributed by atoms with van der Waals surface area (Å²) >= 11 is 0. The summed E-state index contributed by atoms with van der Waals surface area (Å²) in [7, 11) is 0. The van der Waals surface area contributed by atoms with Gasteiger partial charge >= 0.3 is 0 Å². The lowest BCUT2D eigenvalue weighted by Crippen LogP contribution is -2.46. The van der Waals surface area contributed by atoms with Gasteiger partial charge in [0, 0.05) is 18.8 Å². The fourth-order valence-electron chi connectivity index (χ4n) is 2.12. The van der Waals surface area contributed by atoms with E-state index in [1.165, 1.54) is 0 Å². The van der Waals surface area contributed by atoms with Gasteiger partial charge in [0.1, 0.15) is 6.04 Å². The summed E-state index contributed by atoms with van der Waals surface area (Å²) < 4.78 is 0. The zero-order chi connectivity index (χ0) is 13.0. The summed E-state index contributed by atoms with van der Waals surface area (Å²) in [4.78, 5) is 13.7. The lowest BCUT2D eigenvalue weighted by Gasteiger charge is -2.29. The molecule has 0 saturated carbocycles. The number of rotatable bonds is 2. The quantitative estimate of drug-likeness (QED) is 0.783. The normalized spacial score (nSPS) is 19.9. The van der Waals surface area contributed by atoms with Gasteiger partial charge in [0.15, 0.2) is 0 Å². The molecule has 18 heavy (non-hydrogen) atoms. The second kappa shape index (κ2) is 5.52. The van der Waals surface area contributed by atoms with Crippen molar-refractivity contribution >= 4 is 11.6 Å². The summed E-state index contributed by atoms with van der Waals surface area (Å²) in [5, 5.41) is 21.0. The Bertz CT molecular complexity index is 481. The molecule has 0 spiro atoms. The van der Waals surface area contributed by atoms with Gasteiger partial charge in [0.25, 0.3) is 0 Å². The van der Waals surface area contributed by atoms with Crippen LogP contribution in [-0.4, -0.2) is 36.8 Å². The van der Waals surface area contributed by atoms with Gasteiger partial charge in [-0.2, -0.15) is 5.26 Å². The lowest BCUT2D eigenvalue weighted by molar-refractivity contribution is -0.122. The Morgan fingerprint density at radius 3 is 3.11 bits per heavy atom. The van der Waals surface area contributed by atoms with Crippen LogP contribution in [0.1, 0.15) is 12.0 Å². The molecule has 1 fully saturated rings. The number of amides is 1. The number of aliphatic hydroxyl groups is 1. The molecule has 1 unspecified atom stereocenters. The van der Waals surface area contributed by atoms with E-state index < -0.39 is 6.04 Å². The Kier molecular flexibility index (Phi) is 3.80. The summed E-state index contributed by atoms with van der Waals surface area (Å²) in [5.41, 5.74) is 1.35. The molecule has 1 saturated heterocycles. The Hall–Kier alpha value is -2.06. The topological polar surface area (TPSA) is 76.4 Å². The van der Waals surface area contributed by atoms with Crippen molar-refractivity contribution in [1.29, 1.82) is 5.26 Å². The molecular formula is C13H15N3O2. The molecule has 2 rings (SSSR count). The van der Waals surface area contributed by atoms with E-state index in [1.54, 1.807) is 18.2 Å². The number of nitrogens with one attached hydrogen (secondary N) is 1. The van der Waals surface area contributed by atoms with Crippen LogP contribution in [0.25, 0.3) is 0 Å². The molecule has 2 N–H and O–H groups in total. The van der Waals surface area contributed by atoms with E-state index >= 15 is 0 Å². The van der Waals surface area contributed by atoms with Crippen molar-refractivity contribution in [2.75, 3.05) is 24.6 Å². The molecule has 0 aromatic heterocycles. The molecule has 1 aromatic carbocycles. The zero-order valence-electron chi connectivity index (χ0n) is 9.97. The Morgan fingerprint density at radius 1 is 1.56 bits per heavy atom. The van der Waals surface area contributed by atoms with Crippen molar-refractivity contribution in [2.45, 2.75) is 12.5 Å². The third-order valence-electron chi connectivity index (χ3n) is 3.03.